The number of carbonyl (C=O) groups excluding carboxylic acids is 1. The molecule has 0 fully saturated rings. The molecule has 0 radical (unpaired) electrons. The second kappa shape index (κ2) is 4.21. The molecule has 1 aromatic carbocycles. The summed E-state index contributed by atoms with van der Waals surface area (Å²) >= 11 is 0. The molecule has 0 spiro atoms. The minimum Gasteiger partial charge on any atom is -0.321 e. The molecule has 1 rings (SSSR count). The van der Waals surface area contributed by atoms with Gasteiger partial charge in [0.25, 0.3) is 0 Å². The van der Waals surface area contributed by atoms with Crippen LogP contribution < -0.4 is 5.32 Å². The zero-order chi connectivity index (χ0) is 9.68. The molecule has 0 aliphatic carbocycles. The normalized spacial score (nSPS) is 8.92. The summed E-state index contributed by atoms with van der Waals surface area (Å²) in [5, 5.41) is 2.62. The average Bonchev–Trinajstić information content (AvgIpc) is 2.18. The number of aliphatic imine (C=N–C) groups is 1. The number of anilines is 1. The minimum absolute atomic E-state index is 0.254. The Balaban J connectivity index is 2.93. The molecule has 3 nitrogen and oxygen atoms in total. The molecule has 1 N–H and O–H groups in total. The van der Waals surface area contributed by atoms with Gasteiger partial charge in [-0.1, -0.05) is 18.7 Å². The predicted molar refractivity (Wildman–Crippen MR) is 54.5 cm³/mol. The van der Waals surface area contributed by atoms with Gasteiger partial charge in [-0.3, -0.25) is 9.79 Å². The van der Waals surface area contributed by atoms with E-state index in [2.05, 4.69) is 23.6 Å². The first-order chi connectivity index (χ1) is 6.27. The van der Waals surface area contributed by atoms with Gasteiger partial charge < -0.3 is 5.32 Å². The Labute approximate surface area is 76.8 Å². The zero-order valence-electron chi connectivity index (χ0n) is 7.16. The summed E-state index contributed by atoms with van der Waals surface area (Å²) in [5.74, 6) is -0.254. The van der Waals surface area contributed by atoms with Crippen molar-refractivity contribution in [3.8, 4) is 0 Å². The Morgan fingerprint density at radius 1 is 1.46 bits per heavy atom. The van der Waals surface area contributed by atoms with Gasteiger partial charge in [0.15, 0.2) is 0 Å². The van der Waals surface area contributed by atoms with Crippen LogP contribution in [0.25, 0.3) is 0 Å². The van der Waals surface area contributed by atoms with Crippen molar-refractivity contribution in [3.63, 3.8) is 0 Å². The summed E-state index contributed by atoms with van der Waals surface area (Å²) in [6, 6.07) is 7.16. The third-order valence-electron chi connectivity index (χ3n) is 1.52. The van der Waals surface area contributed by atoms with Crippen LogP contribution in [0.4, 0.5) is 11.4 Å². The van der Waals surface area contributed by atoms with Crippen molar-refractivity contribution in [2.75, 3.05) is 5.32 Å². The van der Waals surface area contributed by atoms with Crippen LogP contribution in [0.1, 0.15) is 0 Å². The molecule has 0 aliphatic heterocycles. The highest BCUT2D eigenvalue weighted by atomic mass is 16.1. The van der Waals surface area contributed by atoms with Crippen LogP contribution in [0.5, 0.6) is 0 Å². The lowest BCUT2D eigenvalue weighted by Gasteiger charge is -2.04. The van der Waals surface area contributed by atoms with Crippen molar-refractivity contribution in [1.29, 1.82) is 0 Å². The lowest BCUT2D eigenvalue weighted by molar-refractivity contribution is -0.111. The van der Waals surface area contributed by atoms with Gasteiger partial charge in [-0.15, -0.1) is 0 Å². The Morgan fingerprint density at radius 2 is 2.15 bits per heavy atom. The Morgan fingerprint density at radius 3 is 2.77 bits per heavy atom. The van der Waals surface area contributed by atoms with Crippen molar-refractivity contribution < 1.29 is 4.79 Å². The molecule has 0 heterocycles. The van der Waals surface area contributed by atoms with E-state index in [4.69, 9.17) is 0 Å². The monoisotopic (exact) mass is 174 g/mol. The average molecular weight is 174 g/mol. The summed E-state index contributed by atoms with van der Waals surface area (Å²) in [5.41, 5.74) is 1.29. The third kappa shape index (κ3) is 2.27. The highest BCUT2D eigenvalue weighted by Gasteiger charge is 2.00. The van der Waals surface area contributed by atoms with E-state index < -0.39 is 0 Å². The first-order valence-electron chi connectivity index (χ1n) is 3.77. The van der Waals surface area contributed by atoms with E-state index in [0.29, 0.717) is 11.4 Å². The van der Waals surface area contributed by atoms with E-state index in [1.54, 1.807) is 12.1 Å². The molecular formula is C10H10N2O. The molecule has 0 saturated heterocycles. The number of para-hydroxylation sites is 2. The largest absolute Gasteiger partial charge is 0.321 e. The maximum Gasteiger partial charge on any atom is 0.247 e. The van der Waals surface area contributed by atoms with Gasteiger partial charge in [0.05, 0.1) is 11.4 Å². The van der Waals surface area contributed by atoms with Crippen LogP contribution in [0.15, 0.2) is 41.9 Å². The summed E-state index contributed by atoms with van der Waals surface area (Å²) in [6.45, 7) is 6.75. The summed E-state index contributed by atoms with van der Waals surface area (Å²) in [7, 11) is 0. The standard InChI is InChI=1S/C10H10N2O/c1-3-10(13)12-9-7-5-4-6-8(9)11-2/h3-7H,1-2H2,(H,12,13). The fourth-order valence-corrected chi connectivity index (χ4v) is 0.901. The van der Waals surface area contributed by atoms with Gasteiger partial charge in [-0.25, -0.2) is 0 Å². The van der Waals surface area contributed by atoms with Crippen LogP contribution in [-0.2, 0) is 4.79 Å². The molecule has 0 saturated carbocycles. The topological polar surface area (TPSA) is 41.5 Å². The van der Waals surface area contributed by atoms with Crippen molar-refractivity contribution in [2.24, 2.45) is 4.99 Å². The molecule has 0 atom stereocenters. The predicted octanol–water partition coefficient (Wildman–Crippen LogP) is 2.14. The van der Waals surface area contributed by atoms with Crippen molar-refractivity contribution in [3.05, 3.63) is 36.9 Å². The van der Waals surface area contributed by atoms with Crippen molar-refractivity contribution in [2.45, 2.75) is 0 Å². The summed E-state index contributed by atoms with van der Waals surface area (Å²) < 4.78 is 0. The number of nitrogens with zero attached hydrogens (tertiary/aromatic N) is 1. The van der Waals surface area contributed by atoms with Crippen LogP contribution in [0.2, 0.25) is 0 Å². The van der Waals surface area contributed by atoms with Crippen LogP contribution >= 0.6 is 0 Å². The smallest absolute Gasteiger partial charge is 0.247 e. The lowest BCUT2D eigenvalue weighted by atomic mass is 10.2. The van der Waals surface area contributed by atoms with Crippen molar-refractivity contribution in [1.82, 2.24) is 0 Å². The van der Waals surface area contributed by atoms with Gasteiger partial charge >= 0.3 is 0 Å². The first-order valence-corrected chi connectivity index (χ1v) is 3.77. The maximum absolute atomic E-state index is 11.0. The number of hydrogen-bond donors (Lipinski definition) is 1. The number of rotatable bonds is 3. The molecule has 66 valence electrons. The van der Waals surface area contributed by atoms with E-state index in [0.717, 1.165) is 0 Å². The molecular weight excluding hydrogens is 164 g/mol. The molecule has 13 heavy (non-hydrogen) atoms. The van der Waals surface area contributed by atoms with Crippen LogP contribution in [0.3, 0.4) is 0 Å². The molecule has 1 amide bonds. The molecule has 3 heteroatoms. The molecule has 0 bridgehead atoms. The Bertz CT molecular complexity index is 345. The van der Waals surface area contributed by atoms with Gasteiger partial charge in [0.2, 0.25) is 5.91 Å². The zero-order valence-corrected chi connectivity index (χ0v) is 7.16. The lowest BCUT2D eigenvalue weighted by Crippen LogP contribution is -2.07. The highest BCUT2D eigenvalue weighted by Crippen LogP contribution is 2.23. The third-order valence-corrected chi connectivity index (χ3v) is 1.52. The van der Waals surface area contributed by atoms with E-state index in [9.17, 15) is 4.79 Å². The van der Waals surface area contributed by atoms with Crippen LogP contribution in [0, 0.1) is 0 Å². The van der Waals surface area contributed by atoms with E-state index in [1.165, 1.54) is 6.08 Å². The summed E-state index contributed by atoms with van der Waals surface area (Å²) in [4.78, 5) is 14.7. The molecule has 0 unspecified atom stereocenters. The number of amides is 1. The Hall–Kier alpha value is -1.90. The number of nitrogens with one attached hydrogen (secondary N) is 1. The second-order valence-electron chi connectivity index (χ2n) is 2.37. The summed E-state index contributed by atoms with van der Waals surface area (Å²) in [6.07, 6.45) is 1.21. The Kier molecular flexibility index (Phi) is 2.97. The van der Waals surface area contributed by atoms with Gasteiger partial charge in [0, 0.05) is 0 Å². The SMILES string of the molecule is C=CC(=O)Nc1ccccc1N=C. The second-order valence-corrected chi connectivity index (χ2v) is 2.37. The highest BCUT2D eigenvalue weighted by molar-refractivity contribution is 6.00. The maximum atomic E-state index is 11.0. The first kappa shape index (κ1) is 9.19. The van der Waals surface area contributed by atoms with Crippen molar-refractivity contribution >= 4 is 24.0 Å². The van der Waals surface area contributed by atoms with E-state index in [1.807, 2.05) is 12.1 Å². The number of carbonyl (C=O) groups is 1. The fourth-order valence-electron chi connectivity index (χ4n) is 0.901. The quantitative estimate of drug-likeness (QED) is 0.553. The number of benzene rings is 1. The fraction of sp³-hybridized carbons (Fsp3) is 0. The van der Waals surface area contributed by atoms with E-state index in [-0.39, 0.29) is 5.91 Å². The number of hydrogen-bond acceptors (Lipinski definition) is 2. The van der Waals surface area contributed by atoms with Gasteiger partial charge in [-0.2, -0.15) is 0 Å². The van der Waals surface area contributed by atoms with E-state index >= 15 is 0 Å². The van der Waals surface area contributed by atoms with Gasteiger partial charge in [0.1, 0.15) is 0 Å². The molecule has 0 aromatic heterocycles. The molecule has 1 aromatic rings. The van der Waals surface area contributed by atoms with Gasteiger partial charge in [-0.05, 0) is 24.9 Å². The molecule has 0 aliphatic rings. The minimum atomic E-state index is -0.254. The van der Waals surface area contributed by atoms with Crippen LogP contribution in [-0.4, -0.2) is 12.6 Å².